The predicted molar refractivity (Wildman–Crippen MR) is 30.2 cm³/mol. The number of hydrogen-bond acceptors (Lipinski definition) is 2. The molecule has 0 aromatic rings. The summed E-state index contributed by atoms with van der Waals surface area (Å²) in [6.07, 6.45) is 0.944. The van der Waals surface area contributed by atoms with Gasteiger partial charge in [0.2, 0.25) is 0 Å². The predicted octanol–water partition coefficient (Wildman–Crippen LogP) is 0.687. The molecule has 6 heavy (non-hydrogen) atoms. The van der Waals surface area contributed by atoms with Gasteiger partial charge in [0.05, 0.1) is 6.61 Å². The van der Waals surface area contributed by atoms with Crippen LogP contribution in [0.3, 0.4) is 0 Å². The van der Waals surface area contributed by atoms with E-state index in [-0.39, 0.29) is 11.9 Å². The zero-order chi connectivity index (χ0) is 4.99. The van der Waals surface area contributed by atoms with Crippen LogP contribution in [0, 0.1) is 0 Å². The quantitative estimate of drug-likeness (QED) is 0.496. The lowest BCUT2D eigenvalue weighted by molar-refractivity contribution is 0.293. The summed E-state index contributed by atoms with van der Waals surface area (Å²) in [6, 6.07) is 0. The van der Waals surface area contributed by atoms with Crippen LogP contribution < -0.4 is 0 Å². The van der Waals surface area contributed by atoms with E-state index in [1.807, 2.05) is 6.92 Å². The summed E-state index contributed by atoms with van der Waals surface area (Å²) in [4.78, 5) is 0. The minimum atomic E-state index is 0.185. The first kappa shape index (κ1) is 6.31. The first-order valence-corrected chi connectivity index (χ1v) is 2.61. The van der Waals surface area contributed by atoms with Gasteiger partial charge in [0.25, 0.3) is 0 Å². The van der Waals surface area contributed by atoms with Gasteiger partial charge in [-0.2, -0.15) is 12.6 Å². The molecule has 0 aliphatic heterocycles. The fraction of sp³-hybridized carbons (Fsp3) is 1.00. The molecule has 0 heterocycles. The molecule has 0 aromatic carbocycles. The molecule has 0 saturated carbocycles. The van der Waals surface area contributed by atoms with Crippen LogP contribution in [0.25, 0.3) is 0 Å². The van der Waals surface area contributed by atoms with Crippen LogP contribution in [-0.4, -0.2) is 17.0 Å². The molecule has 0 aromatic heterocycles. The topological polar surface area (TPSA) is 20.2 Å². The number of aliphatic hydroxyl groups excluding tert-OH is 1. The monoisotopic (exact) mass is 106 g/mol. The van der Waals surface area contributed by atoms with Gasteiger partial charge < -0.3 is 5.11 Å². The second kappa shape index (κ2) is 3.50. The lowest BCUT2D eigenvalue weighted by Crippen LogP contribution is -2.00. The van der Waals surface area contributed by atoms with Crippen LogP contribution in [-0.2, 0) is 0 Å². The van der Waals surface area contributed by atoms with Gasteiger partial charge in [-0.25, -0.2) is 0 Å². The molecule has 2 heteroatoms. The van der Waals surface area contributed by atoms with Gasteiger partial charge in [-0.05, 0) is 6.42 Å². The first-order valence-electron chi connectivity index (χ1n) is 2.10. The van der Waals surface area contributed by atoms with Crippen molar-refractivity contribution in [3.05, 3.63) is 0 Å². The molecule has 38 valence electrons. The molecule has 1 N–H and O–H groups in total. The average Bonchev–Trinajstić information content (AvgIpc) is 1.65. The minimum Gasteiger partial charge on any atom is -0.395 e. The Hall–Kier alpha value is 0.310. The normalized spacial score (nSPS) is 14.5. The molecule has 1 nitrogen and oxygen atoms in total. The Morgan fingerprint density at radius 1 is 1.83 bits per heavy atom. The summed E-state index contributed by atoms with van der Waals surface area (Å²) < 4.78 is 0. The highest BCUT2D eigenvalue weighted by Crippen LogP contribution is 1.95. The Morgan fingerprint density at radius 3 is 2.33 bits per heavy atom. The summed E-state index contributed by atoms with van der Waals surface area (Å²) in [5, 5.41) is 8.44. The maximum atomic E-state index is 8.26. The zero-order valence-electron chi connectivity index (χ0n) is 3.89. The van der Waals surface area contributed by atoms with E-state index in [1.54, 1.807) is 0 Å². The molecule has 0 spiro atoms. The Kier molecular flexibility index (Phi) is 3.68. The lowest BCUT2D eigenvalue weighted by Gasteiger charge is -1.97. The van der Waals surface area contributed by atoms with Crippen molar-refractivity contribution in [2.24, 2.45) is 0 Å². The Morgan fingerprint density at radius 2 is 2.33 bits per heavy atom. The lowest BCUT2D eigenvalue weighted by atomic mass is 10.3. The van der Waals surface area contributed by atoms with Crippen LogP contribution in [0.1, 0.15) is 13.3 Å². The second-order valence-corrected chi connectivity index (χ2v) is 1.97. The molecule has 0 bridgehead atoms. The molecule has 0 fully saturated rings. The Labute approximate surface area is 43.8 Å². The van der Waals surface area contributed by atoms with Gasteiger partial charge >= 0.3 is 0 Å². The molecular weight excluding hydrogens is 96.1 g/mol. The van der Waals surface area contributed by atoms with Crippen LogP contribution in [0.15, 0.2) is 0 Å². The molecule has 0 radical (unpaired) electrons. The molecular formula is C4H10OS. The van der Waals surface area contributed by atoms with Crippen molar-refractivity contribution in [1.29, 1.82) is 0 Å². The number of aliphatic hydroxyl groups is 1. The highest BCUT2D eigenvalue weighted by molar-refractivity contribution is 7.81. The number of rotatable bonds is 2. The molecule has 1 atom stereocenters. The molecule has 0 unspecified atom stereocenters. The van der Waals surface area contributed by atoms with E-state index in [4.69, 9.17) is 5.11 Å². The largest absolute Gasteiger partial charge is 0.395 e. The van der Waals surface area contributed by atoms with Gasteiger partial charge in [0.15, 0.2) is 0 Å². The van der Waals surface area contributed by atoms with Crippen molar-refractivity contribution in [2.75, 3.05) is 6.61 Å². The van der Waals surface area contributed by atoms with Crippen molar-refractivity contribution in [3.63, 3.8) is 0 Å². The zero-order valence-corrected chi connectivity index (χ0v) is 4.78. The number of hydrogen-bond donors (Lipinski definition) is 2. The van der Waals surface area contributed by atoms with E-state index in [1.165, 1.54) is 0 Å². The Bertz CT molecular complexity index is 26.7. The van der Waals surface area contributed by atoms with Gasteiger partial charge in [0.1, 0.15) is 0 Å². The van der Waals surface area contributed by atoms with E-state index in [9.17, 15) is 0 Å². The van der Waals surface area contributed by atoms with Crippen molar-refractivity contribution in [2.45, 2.75) is 18.6 Å². The van der Waals surface area contributed by atoms with E-state index in [0.29, 0.717) is 0 Å². The summed E-state index contributed by atoms with van der Waals surface area (Å²) in [7, 11) is 0. The molecule has 0 amide bonds. The van der Waals surface area contributed by atoms with Crippen molar-refractivity contribution in [3.8, 4) is 0 Å². The van der Waals surface area contributed by atoms with Gasteiger partial charge in [-0.3, -0.25) is 0 Å². The number of thiol groups is 1. The van der Waals surface area contributed by atoms with Crippen LogP contribution >= 0.6 is 12.6 Å². The van der Waals surface area contributed by atoms with Gasteiger partial charge in [-0.1, -0.05) is 6.92 Å². The Balaban J connectivity index is 2.75. The summed E-state index contributed by atoms with van der Waals surface area (Å²) >= 11 is 3.98. The fourth-order valence-corrected chi connectivity index (χ4v) is 0.129. The van der Waals surface area contributed by atoms with Crippen LogP contribution in [0.2, 0.25) is 0 Å². The molecule has 0 aliphatic rings. The van der Waals surface area contributed by atoms with Gasteiger partial charge in [0, 0.05) is 5.25 Å². The third-order valence-corrected chi connectivity index (χ3v) is 1.21. The van der Waals surface area contributed by atoms with Gasteiger partial charge in [-0.15, -0.1) is 0 Å². The average molecular weight is 106 g/mol. The third kappa shape index (κ3) is 2.54. The first-order chi connectivity index (χ1) is 2.81. The highest BCUT2D eigenvalue weighted by Gasteiger charge is 1.91. The maximum absolute atomic E-state index is 8.26. The van der Waals surface area contributed by atoms with Crippen molar-refractivity contribution < 1.29 is 5.11 Å². The third-order valence-electron chi connectivity index (χ3n) is 0.682. The minimum absolute atomic E-state index is 0.185. The highest BCUT2D eigenvalue weighted by atomic mass is 32.1. The van der Waals surface area contributed by atoms with Crippen LogP contribution in [0.4, 0.5) is 0 Å². The smallest absolute Gasteiger partial charge is 0.0547 e. The summed E-state index contributed by atoms with van der Waals surface area (Å²) in [5.74, 6) is 0. The van der Waals surface area contributed by atoms with Crippen LogP contribution in [0.5, 0.6) is 0 Å². The van der Waals surface area contributed by atoms with E-state index in [2.05, 4.69) is 12.6 Å². The summed E-state index contributed by atoms with van der Waals surface area (Å²) in [6.45, 7) is 2.19. The van der Waals surface area contributed by atoms with E-state index >= 15 is 0 Å². The standard InChI is InChI=1S/C4H10OS/c1-2-4(6)3-5/h4-6H,2-3H2,1H3/t4-/m0/s1. The summed E-state index contributed by atoms with van der Waals surface area (Å²) in [5.41, 5.74) is 0. The fourth-order valence-electron chi connectivity index (χ4n) is 0.129. The molecule has 0 aliphatic carbocycles. The van der Waals surface area contributed by atoms with E-state index < -0.39 is 0 Å². The molecule has 0 saturated heterocycles. The second-order valence-electron chi connectivity index (χ2n) is 1.24. The molecule has 0 rings (SSSR count). The van der Waals surface area contributed by atoms with Crippen molar-refractivity contribution >= 4 is 12.6 Å². The maximum Gasteiger partial charge on any atom is 0.0547 e. The van der Waals surface area contributed by atoms with Crippen molar-refractivity contribution in [1.82, 2.24) is 0 Å². The van der Waals surface area contributed by atoms with E-state index in [0.717, 1.165) is 6.42 Å². The SMILES string of the molecule is CC[C@H](S)CO.